The van der Waals surface area contributed by atoms with E-state index in [1.165, 1.54) is 18.6 Å². The number of nitrogens with one attached hydrogen (secondary N) is 2. The van der Waals surface area contributed by atoms with Crippen molar-refractivity contribution >= 4 is 23.2 Å². The van der Waals surface area contributed by atoms with Crippen LogP contribution in [-0.4, -0.2) is 21.8 Å². The molecule has 2 aromatic rings. The fraction of sp³-hybridized carbons (Fsp3) is 0.143. The van der Waals surface area contributed by atoms with E-state index in [0.717, 1.165) is 11.3 Å². The number of rotatable bonds is 2. The minimum atomic E-state index is -0.308. The van der Waals surface area contributed by atoms with E-state index in [4.69, 9.17) is 0 Å². The van der Waals surface area contributed by atoms with Crippen LogP contribution in [0.15, 0.2) is 36.8 Å². The summed E-state index contributed by atoms with van der Waals surface area (Å²) in [4.78, 5) is 31.0. The number of hydrogen-bond donors (Lipinski definition) is 2. The molecule has 6 heteroatoms. The fourth-order valence-corrected chi connectivity index (χ4v) is 2.07. The molecule has 0 unspecified atom stereocenters. The Morgan fingerprint density at radius 3 is 2.95 bits per heavy atom. The lowest BCUT2D eigenvalue weighted by Crippen LogP contribution is -2.19. The van der Waals surface area contributed by atoms with Gasteiger partial charge in [0.25, 0.3) is 5.91 Å². The van der Waals surface area contributed by atoms with E-state index in [-0.39, 0.29) is 17.5 Å². The maximum Gasteiger partial charge on any atom is 0.275 e. The van der Waals surface area contributed by atoms with E-state index in [0.29, 0.717) is 18.5 Å². The quantitative estimate of drug-likeness (QED) is 0.866. The lowest BCUT2D eigenvalue weighted by molar-refractivity contribution is -0.116. The fourth-order valence-electron chi connectivity index (χ4n) is 2.07. The molecule has 2 heterocycles. The van der Waals surface area contributed by atoms with Crippen LogP contribution in [0.4, 0.5) is 11.4 Å². The molecule has 6 nitrogen and oxygen atoms in total. The topological polar surface area (TPSA) is 84.0 Å². The molecule has 0 saturated carbocycles. The second kappa shape index (κ2) is 5.08. The number of benzene rings is 1. The van der Waals surface area contributed by atoms with Crippen molar-refractivity contribution in [1.82, 2.24) is 9.97 Å². The van der Waals surface area contributed by atoms with Gasteiger partial charge in [0.05, 0.1) is 6.20 Å². The maximum atomic E-state index is 12.0. The van der Waals surface area contributed by atoms with Crippen LogP contribution in [-0.2, 0) is 11.2 Å². The first-order chi connectivity index (χ1) is 9.72. The van der Waals surface area contributed by atoms with E-state index >= 15 is 0 Å². The van der Waals surface area contributed by atoms with E-state index in [1.54, 1.807) is 12.1 Å². The van der Waals surface area contributed by atoms with Gasteiger partial charge in [-0.3, -0.25) is 14.6 Å². The molecule has 100 valence electrons. The molecule has 0 atom stereocenters. The Hall–Kier alpha value is -2.76. The molecule has 3 rings (SSSR count). The minimum absolute atomic E-state index is 0.0221. The van der Waals surface area contributed by atoms with E-state index < -0.39 is 0 Å². The van der Waals surface area contributed by atoms with Gasteiger partial charge in [-0.05, 0) is 30.2 Å². The zero-order valence-electron chi connectivity index (χ0n) is 10.6. The Balaban J connectivity index is 1.79. The predicted octanol–water partition coefficient (Wildman–Crippen LogP) is 1.61. The molecule has 20 heavy (non-hydrogen) atoms. The molecule has 1 aliphatic rings. The Labute approximate surface area is 115 Å². The third-order valence-electron chi connectivity index (χ3n) is 3.05. The van der Waals surface area contributed by atoms with Gasteiger partial charge in [0.2, 0.25) is 5.91 Å². The third-order valence-corrected chi connectivity index (χ3v) is 3.05. The van der Waals surface area contributed by atoms with Crippen LogP contribution in [0.3, 0.4) is 0 Å². The number of amides is 2. The van der Waals surface area contributed by atoms with E-state index in [2.05, 4.69) is 20.6 Å². The number of carbonyl (C=O) groups excluding carboxylic acids is 2. The Kier molecular flexibility index (Phi) is 3.12. The first-order valence-corrected chi connectivity index (χ1v) is 6.22. The van der Waals surface area contributed by atoms with Crippen molar-refractivity contribution in [2.75, 3.05) is 10.6 Å². The number of aryl methyl sites for hydroxylation is 1. The number of aromatic nitrogens is 2. The Morgan fingerprint density at radius 1 is 1.25 bits per heavy atom. The van der Waals surface area contributed by atoms with Gasteiger partial charge < -0.3 is 10.6 Å². The normalized spacial score (nSPS) is 13.3. The average Bonchev–Trinajstić information content (AvgIpc) is 2.48. The molecule has 2 N–H and O–H groups in total. The maximum absolute atomic E-state index is 12.0. The van der Waals surface area contributed by atoms with Crippen molar-refractivity contribution < 1.29 is 9.59 Å². The van der Waals surface area contributed by atoms with E-state index in [9.17, 15) is 9.59 Å². The summed E-state index contributed by atoms with van der Waals surface area (Å²) in [5.74, 6) is -0.285. The predicted molar refractivity (Wildman–Crippen MR) is 73.4 cm³/mol. The van der Waals surface area contributed by atoms with Crippen molar-refractivity contribution in [3.63, 3.8) is 0 Å². The van der Waals surface area contributed by atoms with Crippen molar-refractivity contribution in [2.45, 2.75) is 12.8 Å². The SMILES string of the molecule is O=C1CCc2cc(NC(=O)c3cnccn3)ccc2N1. The summed E-state index contributed by atoms with van der Waals surface area (Å²) in [6, 6.07) is 5.40. The highest BCUT2D eigenvalue weighted by molar-refractivity contribution is 6.03. The van der Waals surface area contributed by atoms with Gasteiger partial charge >= 0.3 is 0 Å². The third kappa shape index (κ3) is 2.49. The Morgan fingerprint density at radius 2 is 2.15 bits per heavy atom. The molecule has 1 aromatic carbocycles. The first-order valence-electron chi connectivity index (χ1n) is 6.22. The lowest BCUT2D eigenvalue weighted by atomic mass is 10.0. The molecule has 0 radical (unpaired) electrons. The van der Waals surface area contributed by atoms with Crippen molar-refractivity contribution in [3.8, 4) is 0 Å². The number of fused-ring (bicyclic) bond motifs is 1. The van der Waals surface area contributed by atoms with Gasteiger partial charge in [-0.2, -0.15) is 0 Å². The molecule has 0 saturated heterocycles. The highest BCUT2D eigenvalue weighted by Crippen LogP contribution is 2.25. The molecular formula is C14H12N4O2. The molecule has 1 aliphatic heterocycles. The molecule has 0 fully saturated rings. The van der Waals surface area contributed by atoms with Crippen molar-refractivity contribution in [3.05, 3.63) is 48.0 Å². The summed E-state index contributed by atoms with van der Waals surface area (Å²) < 4.78 is 0. The standard InChI is InChI=1S/C14H12N4O2/c19-13-4-1-9-7-10(2-3-11(9)18-13)17-14(20)12-8-15-5-6-16-12/h2-3,5-8H,1,4H2,(H,17,20)(H,18,19). The summed E-state index contributed by atoms with van der Waals surface area (Å²) in [5.41, 5.74) is 2.76. The summed E-state index contributed by atoms with van der Waals surface area (Å²) in [6.45, 7) is 0. The monoisotopic (exact) mass is 268 g/mol. The van der Waals surface area contributed by atoms with Crippen LogP contribution in [0, 0.1) is 0 Å². The number of hydrogen-bond acceptors (Lipinski definition) is 4. The van der Waals surface area contributed by atoms with Crippen LogP contribution in [0.25, 0.3) is 0 Å². The second-order valence-corrected chi connectivity index (χ2v) is 4.46. The molecular weight excluding hydrogens is 256 g/mol. The first kappa shape index (κ1) is 12.3. The number of nitrogens with zero attached hydrogens (tertiary/aromatic N) is 2. The van der Waals surface area contributed by atoms with Crippen molar-refractivity contribution in [2.24, 2.45) is 0 Å². The van der Waals surface area contributed by atoms with Gasteiger partial charge in [0.1, 0.15) is 5.69 Å². The number of anilines is 2. The molecule has 0 bridgehead atoms. The summed E-state index contributed by atoms with van der Waals surface area (Å²) in [6.07, 6.45) is 5.54. The zero-order chi connectivity index (χ0) is 13.9. The molecule has 0 aliphatic carbocycles. The largest absolute Gasteiger partial charge is 0.326 e. The van der Waals surface area contributed by atoms with E-state index in [1.807, 2.05) is 6.07 Å². The highest BCUT2D eigenvalue weighted by atomic mass is 16.2. The van der Waals surface area contributed by atoms with Gasteiger partial charge in [-0.15, -0.1) is 0 Å². The highest BCUT2D eigenvalue weighted by Gasteiger charge is 2.15. The van der Waals surface area contributed by atoms with Gasteiger partial charge in [-0.25, -0.2) is 4.98 Å². The minimum Gasteiger partial charge on any atom is -0.326 e. The summed E-state index contributed by atoms with van der Waals surface area (Å²) >= 11 is 0. The average molecular weight is 268 g/mol. The lowest BCUT2D eigenvalue weighted by Gasteiger charge is -2.17. The second-order valence-electron chi connectivity index (χ2n) is 4.46. The van der Waals surface area contributed by atoms with Crippen molar-refractivity contribution in [1.29, 1.82) is 0 Å². The van der Waals surface area contributed by atoms with Crippen LogP contribution in [0.2, 0.25) is 0 Å². The Bertz CT molecular complexity index is 670. The summed E-state index contributed by atoms with van der Waals surface area (Å²) in [5, 5.41) is 5.56. The zero-order valence-corrected chi connectivity index (χ0v) is 10.6. The molecule has 0 spiro atoms. The van der Waals surface area contributed by atoms with Gasteiger partial charge in [0.15, 0.2) is 0 Å². The van der Waals surface area contributed by atoms with Crippen LogP contribution >= 0.6 is 0 Å². The molecule has 1 aromatic heterocycles. The van der Waals surface area contributed by atoms with Crippen LogP contribution < -0.4 is 10.6 Å². The van der Waals surface area contributed by atoms with Gasteiger partial charge in [0, 0.05) is 30.2 Å². The molecule has 2 amide bonds. The number of carbonyl (C=O) groups is 2. The van der Waals surface area contributed by atoms with Gasteiger partial charge in [-0.1, -0.05) is 0 Å². The van der Waals surface area contributed by atoms with Crippen LogP contribution in [0.5, 0.6) is 0 Å². The smallest absolute Gasteiger partial charge is 0.275 e. The van der Waals surface area contributed by atoms with Crippen LogP contribution in [0.1, 0.15) is 22.5 Å². The summed E-state index contributed by atoms with van der Waals surface area (Å²) in [7, 11) is 0.